The van der Waals surface area contributed by atoms with Gasteiger partial charge >= 0.3 is 0 Å². The SMILES string of the molecule is Cc1ncoc1-c1nnc(SCCCN2CC[C@]3(C[C@@H]3c3ccc(F)cc3)C2)n1C.Cl. The van der Waals surface area contributed by atoms with E-state index in [4.69, 9.17) is 4.42 Å². The van der Waals surface area contributed by atoms with Crippen LogP contribution in [0.3, 0.4) is 0 Å². The largest absolute Gasteiger partial charge is 0.440 e. The molecule has 2 aromatic heterocycles. The highest BCUT2D eigenvalue weighted by molar-refractivity contribution is 7.99. The van der Waals surface area contributed by atoms with Gasteiger partial charge in [-0.3, -0.25) is 0 Å². The van der Waals surface area contributed by atoms with Gasteiger partial charge in [0.1, 0.15) is 5.82 Å². The number of aryl methyl sites for hydroxylation is 1. The minimum absolute atomic E-state index is 0. The van der Waals surface area contributed by atoms with Crippen LogP contribution in [0.25, 0.3) is 11.6 Å². The molecule has 0 bridgehead atoms. The summed E-state index contributed by atoms with van der Waals surface area (Å²) in [5.74, 6) is 2.86. The van der Waals surface area contributed by atoms with Gasteiger partial charge in [-0.25, -0.2) is 9.37 Å². The molecule has 1 aliphatic carbocycles. The summed E-state index contributed by atoms with van der Waals surface area (Å²) < 4.78 is 20.6. The number of rotatable bonds is 7. The van der Waals surface area contributed by atoms with Crippen molar-refractivity contribution in [2.75, 3.05) is 25.4 Å². The highest BCUT2D eigenvalue weighted by atomic mass is 35.5. The first-order valence-corrected chi connectivity index (χ1v) is 11.4. The second kappa shape index (κ2) is 8.92. The summed E-state index contributed by atoms with van der Waals surface area (Å²) in [6, 6.07) is 7.10. The van der Waals surface area contributed by atoms with E-state index in [2.05, 4.69) is 20.1 Å². The number of nitrogens with zero attached hydrogens (tertiary/aromatic N) is 5. The first-order valence-electron chi connectivity index (χ1n) is 10.5. The Bertz CT molecular complexity index is 1040. The first kappa shape index (κ1) is 22.3. The number of likely N-dealkylation sites (tertiary alicyclic amines) is 1. The van der Waals surface area contributed by atoms with E-state index < -0.39 is 0 Å². The van der Waals surface area contributed by atoms with Crippen molar-refractivity contribution < 1.29 is 8.81 Å². The number of halogens is 2. The molecule has 1 saturated carbocycles. The van der Waals surface area contributed by atoms with Gasteiger partial charge in [0.25, 0.3) is 0 Å². The molecule has 0 unspecified atom stereocenters. The summed E-state index contributed by atoms with van der Waals surface area (Å²) in [6.07, 6.45) is 5.05. The van der Waals surface area contributed by atoms with E-state index in [0.717, 1.165) is 35.4 Å². The molecule has 31 heavy (non-hydrogen) atoms. The van der Waals surface area contributed by atoms with Gasteiger partial charge in [-0.1, -0.05) is 23.9 Å². The Morgan fingerprint density at radius 2 is 2.06 bits per heavy atom. The number of benzene rings is 1. The second-order valence-electron chi connectivity index (χ2n) is 8.53. The molecule has 9 heteroatoms. The molecule has 1 saturated heterocycles. The fraction of sp³-hybridized carbons (Fsp3) is 0.500. The van der Waals surface area contributed by atoms with E-state index in [1.54, 1.807) is 23.9 Å². The lowest BCUT2D eigenvalue weighted by Crippen LogP contribution is -2.23. The van der Waals surface area contributed by atoms with Crippen molar-refractivity contribution in [1.82, 2.24) is 24.6 Å². The van der Waals surface area contributed by atoms with Crippen LogP contribution in [0.2, 0.25) is 0 Å². The minimum atomic E-state index is -0.148. The maximum atomic E-state index is 13.2. The maximum Gasteiger partial charge on any atom is 0.202 e. The van der Waals surface area contributed by atoms with E-state index in [1.807, 2.05) is 30.7 Å². The number of hydrogen-bond acceptors (Lipinski definition) is 6. The highest BCUT2D eigenvalue weighted by Gasteiger charge is 2.57. The smallest absolute Gasteiger partial charge is 0.202 e. The Hall–Kier alpha value is -1.90. The van der Waals surface area contributed by atoms with Gasteiger partial charge in [-0.05, 0) is 68.3 Å². The average Bonchev–Trinajstić information content (AvgIpc) is 3.03. The Labute approximate surface area is 192 Å². The normalized spacial score (nSPS) is 22.7. The van der Waals surface area contributed by atoms with Gasteiger partial charge in [0.2, 0.25) is 5.82 Å². The summed E-state index contributed by atoms with van der Waals surface area (Å²) in [5.41, 5.74) is 2.55. The van der Waals surface area contributed by atoms with Gasteiger partial charge in [-0.2, -0.15) is 0 Å². The van der Waals surface area contributed by atoms with Crippen molar-refractivity contribution in [2.45, 2.75) is 37.3 Å². The lowest BCUT2D eigenvalue weighted by atomic mass is 9.98. The van der Waals surface area contributed by atoms with Crippen LogP contribution in [0.5, 0.6) is 0 Å². The van der Waals surface area contributed by atoms with Gasteiger partial charge in [0.15, 0.2) is 17.3 Å². The Morgan fingerprint density at radius 1 is 1.26 bits per heavy atom. The monoisotopic (exact) mass is 463 g/mol. The highest BCUT2D eigenvalue weighted by Crippen LogP contribution is 2.64. The molecule has 0 N–H and O–H groups in total. The molecule has 1 spiro atoms. The predicted molar refractivity (Wildman–Crippen MR) is 121 cm³/mol. The molecule has 6 nitrogen and oxygen atoms in total. The summed E-state index contributed by atoms with van der Waals surface area (Å²) in [4.78, 5) is 6.72. The molecular formula is C22H27ClFN5OS. The third-order valence-electron chi connectivity index (χ3n) is 6.56. The van der Waals surface area contributed by atoms with E-state index in [0.29, 0.717) is 17.1 Å². The van der Waals surface area contributed by atoms with Gasteiger partial charge in [0, 0.05) is 19.3 Å². The van der Waals surface area contributed by atoms with Gasteiger partial charge in [0.05, 0.1) is 5.69 Å². The second-order valence-corrected chi connectivity index (χ2v) is 9.59. The van der Waals surface area contributed by atoms with E-state index >= 15 is 0 Å². The Balaban J connectivity index is 0.00000231. The van der Waals surface area contributed by atoms with Crippen LogP contribution >= 0.6 is 24.2 Å². The molecule has 2 aliphatic rings. The molecule has 3 heterocycles. The van der Waals surface area contributed by atoms with E-state index in [9.17, 15) is 4.39 Å². The molecule has 3 aromatic rings. The molecule has 166 valence electrons. The van der Waals surface area contributed by atoms with Crippen molar-refractivity contribution in [3.8, 4) is 11.6 Å². The quantitative estimate of drug-likeness (QED) is 0.374. The molecule has 2 atom stereocenters. The van der Waals surface area contributed by atoms with Crippen LogP contribution in [-0.4, -0.2) is 50.0 Å². The van der Waals surface area contributed by atoms with Crippen molar-refractivity contribution in [3.63, 3.8) is 0 Å². The van der Waals surface area contributed by atoms with Crippen LogP contribution < -0.4 is 0 Å². The average molecular weight is 464 g/mol. The molecule has 1 aliphatic heterocycles. The minimum Gasteiger partial charge on any atom is -0.440 e. The lowest BCUT2D eigenvalue weighted by Gasteiger charge is -2.16. The summed E-state index contributed by atoms with van der Waals surface area (Å²) in [6.45, 7) is 5.35. The van der Waals surface area contributed by atoms with Crippen molar-refractivity contribution in [2.24, 2.45) is 12.5 Å². The molecule has 0 amide bonds. The predicted octanol–water partition coefficient (Wildman–Crippen LogP) is 4.70. The lowest BCUT2D eigenvalue weighted by molar-refractivity contribution is 0.319. The third kappa shape index (κ3) is 4.38. The number of thioether (sulfide) groups is 1. The van der Waals surface area contributed by atoms with Gasteiger partial charge < -0.3 is 13.9 Å². The first-order chi connectivity index (χ1) is 14.6. The van der Waals surface area contributed by atoms with Crippen LogP contribution in [0.4, 0.5) is 4.39 Å². The fourth-order valence-corrected chi connectivity index (χ4v) is 5.58. The van der Waals surface area contributed by atoms with Crippen LogP contribution in [0.1, 0.15) is 36.4 Å². The molecule has 0 radical (unpaired) electrons. The van der Waals surface area contributed by atoms with Crippen molar-refractivity contribution in [3.05, 3.63) is 47.7 Å². The topological polar surface area (TPSA) is 60.0 Å². The molecule has 1 aromatic carbocycles. The molecular weight excluding hydrogens is 437 g/mol. The van der Waals surface area contributed by atoms with Crippen molar-refractivity contribution in [1.29, 1.82) is 0 Å². The zero-order valence-corrected chi connectivity index (χ0v) is 19.4. The summed E-state index contributed by atoms with van der Waals surface area (Å²) >= 11 is 1.73. The summed E-state index contributed by atoms with van der Waals surface area (Å²) in [7, 11) is 1.96. The zero-order chi connectivity index (χ0) is 20.7. The van der Waals surface area contributed by atoms with Crippen molar-refractivity contribution >= 4 is 24.2 Å². The number of oxazole rings is 1. The summed E-state index contributed by atoms with van der Waals surface area (Å²) in [5, 5.41) is 9.48. The molecule has 2 fully saturated rings. The van der Waals surface area contributed by atoms with E-state index in [1.165, 1.54) is 37.9 Å². The fourth-order valence-electron chi connectivity index (χ4n) is 4.75. The standard InChI is InChI=1S/C22H26FN5OS.ClH/c1-15-19(29-14-24-15)20-25-26-21(27(20)2)30-11-3-9-28-10-8-22(13-28)12-18(22)16-4-6-17(23)7-5-16;/h4-7,14,18H,3,8-13H2,1-2H3;1H/t18-,22+;/m1./s1. The number of aromatic nitrogens is 4. The Morgan fingerprint density at radius 3 is 2.81 bits per heavy atom. The Kier molecular flexibility index (Phi) is 6.42. The van der Waals surface area contributed by atoms with Gasteiger partial charge in [-0.15, -0.1) is 22.6 Å². The zero-order valence-electron chi connectivity index (χ0n) is 17.8. The maximum absolute atomic E-state index is 13.2. The number of hydrogen-bond donors (Lipinski definition) is 0. The van der Waals surface area contributed by atoms with E-state index in [-0.39, 0.29) is 18.2 Å². The van der Waals surface area contributed by atoms with Crippen LogP contribution in [0.15, 0.2) is 40.2 Å². The van der Waals surface area contributed by atoms with Crippen LogP contribution in [-0.2, 0) is 7.05 Å². The molecule has 5 rings (SSSR count). The van der Waals surface area contributed by atoms with Crippen LogP contribution in [0, 0.1) is 18.2 Å². The third-order valence-corrected chi connectivity index (χ3v) is 7.67.